The zero-order valence-electron chi connectivity index (χ0n) is 11.0. The third-order valence-corrected chi connectivity index (χ3v) is 3.13. The van der Waals surface area contributed by atoms with Gasteiger partial charge in [0.05, 0.1) is 12.5 Å². The maximum atomic E-state index is 11.6. The van der Waals surface area contributed by atoms with E-state index < -0.39 is 12.1 Å². The zero-order chi connectivity index (χ0) is 14.4. The Morgan fingerprint density at radius 3 is 2.70 bits per heavy atom. The number of carbonyl (C=O) groups is 2. The molecular formula is C15H17NO4. The number of hydrogen-bond donors (Lipinski definition) is 2. The van der Waals surface area contributed by atoms with Crippen LogP contribution in [0.25, 0.3) is 0 Å². The van der Waals surface area contributed by atoms with Gasteiger partial charge >= 0.3 is 12.1 Å². The summed E-state index contributed by atoms with van der Waals surface area (Å²) in [7, 11) is 0. The first-order valence-electron chi connectivity index (χ1n) is 6.51. The Morgan fingerprint density at radius 2 is 2.00 bits per heavy atom. The molecule has 20 heavy (non-hydrogen) atoms. The van der Waals surface area contributed by atoms with Gasteiger partial charge in [-0.3, -0.25) is 4.79 Å². The highest BCUT2D eigenvalue weighted by Crippen LogP contribution is 2.21. The summed E-state index contributed by atoms with van der Waals surface area (Å²) in [4.78, 5) is 22.2. The van der Waals surface area contributed by atoms with Crippen LogP contribution in [-0.2, 0) is 16.1 Å². The molecule has 1 aliphatic carbocycles. The number of rotatable bonds is 5. The molecule has 2 rings (SSSR count). The van der Waals surface area contributed by atoms with E-state index in [1.165, 1.54) is 0 Å². The van der Waals surface area contributed by atoms with Gasteiger partial charge in [-0.1, -0.05) is 42.5 Å². The van der Waals surface area contributed by atoms with E-state index in [0.717, 1.165) is 5.56 Å². The van der Waals surface area contributed by atoms with Crippen LogP contribution >= 0.6 is 0 Å². The van der Waals surface area contributed by atoms with Gasteiger partial charge in [0.2, 0.25) is 0 Å². The Bertz CT molecular complexity index is 498. The lowest BCUT2D eigenvalue weighted by atomic mass is 10.0. The number of carbonyl (C=O) groups excluding carboxylic acids is 1. The molecule has 1 aliphatic rings. The lowest BCUT2D eigenvalue weighted by Gasteiger charge is -2.13. The number of alkyl carbamates (subject to hydrolysis) is 1. The summed E-state index contributed by atoms with van der Waals surface area (Å²) in [5, 5.41) is 11.4. The number of benzene rings is 1. The highest BCUT2D eigenvalue weighted by molar-refractivity contribution is 5.69. The van der Waals surface area contributed by atoms with E-state index in [1.807, 2.05) is 42.5 Å². The van der Waals surface area contributed by atoms with Crippen LogP contribution in [0.15, 0.2) is 42.5 Å². The molecule has 106 valence electrons. The minimum atomic E-state index is -0.827. The number of aliphatic carboxylic acids is 1. The fourth-order valence-electron chi connectivity index (χ4n) is 2.17. The third kappa shape index (κ3) is 4.42. The average Bonchev–Trinajstić information content (AvgIpc) is 2.84. The third-order valence-electron chi connectivity index (χ3n) is 3.13. The molecule has 0 spiro atoms. The number of nitrogens with one attached hydrogen (secondary N) is 1. The molecule has 0 unspecified atom stereocenters. The Morgan fingerprint density at radius 1 is 1.25 bits per heavy atom. The predicted molar refractivity (Wildman–Crippen MR) is 73.1 cm³/mol. The first-order valence-corrected chi connectivity index (χ1v) is 6.51. The molecule has 0 saturated heterocycles. The summed E-state index contributed by atoms with van der Waals surface area (Å²) in [6.07, 6.45) is 3.85. The van der Waals surface area contributed by atoms with Crippen molar-refractivity contribution in [3.8, 4) is 0 Å². The van der Waals surface area contributed by atoms with Gasteiger partial charge in [0.1, 0.15) is 6.61 Å². The maximum Gasteiger partial charge on any atom is 0.407 e. The van der Waals surface area contributed by atoms with Crippen molar-refractivity contribution in [2.24, 2.45) is 5.92 Å². The van der Waals surface area contributed by atoms with E-state index in [2.05, 4.69) is 5.32 Å². The van der Waals surface area contributed by atoms with Gasteiger partial charge < -0.3 is 15.2 Å². The lowest BCUT2D eigenvalue weighted by molar-refractivity contribution is -0.137. The summed E-state index contributed by atoms with van der Waals surface area (Å²) in [5.41, 5.74) is 0.924. The van der Waals surface area contributed by atoms with Crippen LogP contribution < -0.4 is 5.32 Å². The molecule has 0 fully saturated rings. The highest BCUT2D eigenvalue weighted by Gasteiger charge is 2.22. The Balaban J connectivity index is 1.71. The van der Waals surface area contributed by atoms with Crippen LogP contribution in [0.4, 0.5) is 4.79 Å². The number of allylic oxidation sites excluding steroid dienone is 1. The Kier molecular flexibility index (Phi) is 4.76. The highest BCUT2D eigenvalue weighted by atomic mass is 16.5. The van der Waals surface area contributed by atoms with Crippen molar-refractivity contribution in [3.05, 3.63) is 48.0 Å². The molecule has 5 heteroatoms. The van der Waals surface area contributed by atoms with E-state index >= 15 is 0 Å². The van der Waals surface area contributed by atoms with Crippen LogP contribution in [0, 0.1) is 5.92 Å². The van der Waals surface area contributed by atoms with E-state index in [4.69, 9.17) is 9.84 Å². The Hall–Kier alpha value is -2.30. The van der Waals surface area contributed by atoms with Crippen LogP contribution in [0.5, 0.6) is 0 Å². The molecule has 1 aromatic rings. The van der Waals surface area contributed by atoms with Crippen LogP contribution in [-0.4, -0.2) is 23.2 Å². The number of amides is 1. The van der Waals surface area contributed by atoms with Gasteiger partial charge in [-0.25, -0.2) is 4.79 Å². The summed E-state index contributed by atoms with van der Waals surface area (Å²) in [5.74, 6) is -0.848. The monoisotopic (exact) mass is 275 g/mol. The molecular weight excluding hydrogens is 258 g/mol. The smallest absolute Gasteiger partial charge is 0.407 e. The maximum absolute atomic E-state index is 11.6. The molecule has 2 N–H and O–H groups in total. The van der Waals surface area contributed by atoms with Crippen molar-refractivity contribution in [1.82, 2.24) is 5.32 Å². The number of ether oxygens (including phenoxy) is 1. The number of carboxylic acids is 1. The summed E-state index contributed by atoms with van der Waals surface area (Å²) in [6, 6.07) is 9.27. The number of hydrogen-bond acceptors (Lipinski definition) is 3. The zero-order valence-corrected chi connectivity index (χ0v) is 11.0. The largest absolute Gasteiger partial charge is 0.481 e. The first kappa shape index (κ1) is 14.1. The minimum Gasteiger partial charge on any atom is -0.481 e. The topological polar surface area (TPSA) is 75.6 Å². The SMILES string of the molecule is O=C(O)C[C@@H]1C=C[C@H](NC(=O)OCc2ccccc2)C1. The van der Waals surface area contributed by atoms with E-state index in [1.54, 1.807) is 0 Å². The molecule has 1 amide bonds. The van der Waals surface area contributed by atoms with Gasteiger partial charge in [-0.05, 0) is 17.9 Å². The van der Waals surface area contributed by atoms with Gasteiger partial charge in [0.15, 0.2) is 0 Å². The van der Waals surface area contributed by atoms with Crippen LogP contribution in [0.1, 0.15) is 18.4 Å². The van der Waals surface area contributed by atoms with Crippen molar-refractivity contribution in [2.75, 3.05) is 0 Å². The van der Waals surface area contributed by atoms with Crippen molar-refractivity contribution in [2.45, 2.75) is 25.5 Å². The fraction of sp³-hybridized carbons (Fsp3) is 0.333. The standard InChI is InChI=1S/C15H17NO4/c17-14(18)9-12-6-7-13(8-12)16-15(19)20-10-11-4-2-1-3-5-11/h1-7,12-13H,8-10H2,(H,16,19)(H,17,18)/t12-,13+/m1/s1. The van der Waals surface area contributed by atoms with Crippen molar-refractivity contribution >= 4 is 12.1 Å². The normalized spacial score (nSPS) is 20.6. The second-order valence-corrected chi connectivity index (χ2v) is 4.79. The van der Waals surface area contributed by atoms with Crippen molar-refractivity contribution < 1.29 is 19.4 Å². The molecule has 0 saturated carbocycles. The lowest BCUT2D eigenvalue weighted by Crippen LogP contribution is -2.33. The molecule has 0 aromatic heterocycles. The molecule has 5 nitrogen and oxygen atoms in total. The molecule has 0 bridgehead atoms. The molecule has 0 aliphatic heterocycles. The van der Waals surface area contributed by atoms with Crippen LogP contribution in [0.2, 0.25) is 0 Å². The van der Waals surface area contributed by atoms with Crippen molar-refractivity contribution in [3.63, 3.8) is 0 Å². The summed E-state index contributed by atoms with van der Waals surface area (Å²) >= 11 is 0. The predicted octanol–water partition coefficient (Wildman–Crippen LogP) is 2.33. The van der Waals surface area contributed by atoms with E-state index in [0.29, 0.717) is 6.42 Å². The molecule has 2 atom stereocenters. The van der Waals surface area contributed by atoms with Gasteiger partial charge in [0.25, 0.3) is 0 Å². The Labute approximate surface area is 117 Å². The van der Waals surface area contributed by atoms with E-state index in [9.17, 15) is 9.59 Å². The van der Waals surface area contributed by atoms with E-state index in [-0.39, 0.29) is 25.0 Å². The fourth-order valence-corrected chi connectivity index (χ4v) is 2.17. The van der Waals surface area contributed by atoms with Crippen LogP contribution in [0.3, 0.4) is 0 Å². The van der Waals surface area contributed by atoms with Gasteiger partial charge in [-0.2, -0.15) is 0 Å². The van der Waals surface area contributed by atoms with Crippen molar-refractivity contribution in [1.29, 1.82) is 0 Å². The van der Waals surface area contributed by atoms with Gasteiger partial charge in [-0.15, -0.1) is 0 Å². The van der Waals surface area contributed by atoms with Gasteiger partial charge in [0, 0.05) is 0 Å². The average molecular weight is 275 g/mol. The summed E-state index contributed by atoms with van der Waals surface area (Å²) < 4.78 is 5.11. The first-order chi connectivity index (χ1) is 9.63. The summed E-state index contributed by atoms with van der Waals surface area (Å²) in [6.45, 7) is 0.224. The minimum absolute atomic E-state index is 0.0214. The second-order valence-electron chi connectivity index (χ2n) is 4.79. The molecule has 0 radical (unpaired) electrons. The second kappa shape index (κ2) is 6.75. The molecule has 0 heterocycles. The number of carboxylic acid groups (broad SMARTS) is 1. The quantitative estimate of drug-likeness (QED) is 0.809. The molecule has 1 aromatic carbocycles.